The summed E-state index contributed by atoms with van der Waals surface area (Å²) in [6.45, 7) is 5.31. The SMILES string of the molecule is CCC(C)C(NC(=O)C(NC(=O)C(N)Cc1ccccc1)C(C)O)C(=O)NC(CCCCN)C(=O)O. The molecular weight excluding hydrogens is 466 g/mol. The number of carbonyl (C=O) groups excluding carboxylic acids is 3. The van der Waals surface area contributed by atoms with E-state index in [1.165, 1.54) is 6.92 Å². The second-order valence-electron chi connectivity index (χ2n) is 9.08. The summed E-state index contributed by atoms with van der Waals surface area (Å²) < 4.78 is 0. The molecule has 0 radical (unpaired) electrons. The van der Waals surface area contributed by atoms with Gasteiger partial charge in [-0.2, -0.15) is 0 Å². The first-order valence-corrected chi connectivity index (χ1v) is 12.3. The molecular formula is C25H41N5O6. The smallest absolute Gasteiger partial charge is 0.326 e. The standard InChI is InChI=1S/C25H41N5O6/c1-4-15(2)20(23(33)28-19(25(35)36)12-8-9-13-26)29-24(34)21(16(3)31)30-22(32)18(27)14-17-10-6-5-7-11-17/h5-7,10-11,15-16,18-21,31H,4,8-9,12-14,26-27H2,1-3H3,(H,28,33)(H,29,34)(H,30,32)(H,35,36). The summed E-state index contributed by atoms with van der Waals surface area (Å²) in [4.78, 5) is 50.2. The minimum atomic E-state index is -1.36. The van der Waals surface area contributed by atoms with Crippen LogP contribution in [0.15, 0.2) is 30.3 Å². The Balaban J connectivity index is 2.91. The summed E-state index contributed by atoms with van der Waals surface area (Å²) in [5.41, 5.74) is 12.3. The molecule has 36 heavy (non-hydrogen) atoms. The lowest BCUT2D eigenvalue weighted by molar-refractivity contribution is -0.143. The normalized spacial score (nSPS) is 16.1. The van der Waals surface area contributed by atoms with Crippen molar-refractivity contribution in [3.8, 4) is 0 Å². The van der Waals surface area contributed by atoms with Gasteiger partial charge in [0.05, 0.1) is 12.1 Å². The lowest BCUT2D eigenvalue weighted by atomic mass is 9.96. The number of benzene rings is 1. The van der Waals surface area contributed by atoms with E-state index < -0.39 is 54.0 Å². The van der Waals surface area contributed by atoms with Crippen molar-refractivity contribution in [2.45, 2.75) is 83.1 Å². The van der Waals surface area contributed by atoms with Crippen molar-refractivity contribution in [2.24, 2.45) is 17.4 Å². The molecule has 0 saturated carbocycles. The van der Waals surface area contributed by atoms with E-state index in [4.69, 9.17) is 11.5 Å². The average Bonchev–Trinajstić information content (AvgIpc) is 2.84. The summed E-state index contributed by atoms with van der Waals surface area (Å²) in [6.07, 6.45) is 0.809. The molecule has 0 aromatic heterocycles. The molecule has 9 N–H and O–H groups in total. The Bertz CT molecular complexity index is 851. The van der Waals surface area contributed by atoms with Crippen LogP contribution in [0.5, 0.6) is 0 Å². The first-order chi connectivity index (χ1) is 17.0. The number of amides is 3. The zero-order chi connectivity index (χ0) is 27.3. The molecule has 0 bridgehead atoms. The number of hydrogen-bond acceptors (Lipinski definition) is 7. The Labute approximate surface area is 212 Å². The molecule has 0 aliphatic carbocycles. The fourth-order valence-corrected chi connectivity index (χ4v) is 3.58. The van der Waals surface area contributed by atoms with Gasteiger partial charge in [0, 0.05) is 0 Å². The Morgan fingerprint density at radius 1 is 0.917 bits per heavy atom. The minimum Gasteiger partial charge on any atom is -0.480 e. The van der Waals surface area contributed by atoms with Crippen LogP contribution in [0.4, 0.5) is 0 Å². The molecule has 11 heteroatoms. The first kappa shape index (κ1) is 31.0. The molecule has 1 rings (SSSR count). The summed E-state index contributed by atoms with van der Waals surface area (Å²) in [5.74, 6) is -3.60. The molecule has 0 fully saturated rings. The number of hydrogen-bond donors (Lipinski definition) is 7. The van der Waals surface area contributed by atoms with Crippen LogP contribution in [0.1, 0.15) is 52.0 Å². The van der Waals surface area contributed by atoms with Crippen LogP contribution in [0.2, 0.25) is 0 Å². The number of aliphatic carboxylic acids is 1. The molecule has 0 heterocycles. The van der Waals surface area contributed by atoms with Crippen LogP contribution in [0.25, 0.3) is 0 Å². The van der Waals surface area contributed by atoms with Crippen molar-refractivity contribution < 1.29 is 29.4 Å². The van der Waals surface area contributed by atoms with Gasteiger partial charge >= 0.3 is 5.97 Å². The Hall–Kier alpha value is -3.02. The third-order valence-electron chi connectivity index (χ3n) is 6.05. The zero-order valence-electron chi connectivity index (χ0n) is 21.3. The third kappa shape index (κ3) is 10.3. The van der Waals surface area contributed by atoms with Crippen molar-refractivity contribution in [2.75, 3.05) is 6.54 Å². The molecule has 0 aliphatic rings. The summed E-state index contributed by atoms with van der Waals surface area (Å²) in [6, 6.07) is 4.59. The zero-order valence-corrected chi connectivity index (χ0v) is 21.3. The van der Waals surface area contributed by atoms with Gasteiger partial charge in [-0.15, -0.1) is 0 Å². The Morgan fingerprint density at radius 2 is 1.50 bits per heavy atom. The largest absolute Gasteiger partial charge is 0.480 e. The lowest BCUT2D eigenvalue weighted by Gasteiger charge is -2.29. The molecule has 0 saturated heterocycles. The van der Waals surface area contributed by atoms with E-state index >= 15 is 0 Å². The predicted octanol–water partition coefficient (Wildman–Crippen LogP) is -0.349. The maximum absolute atomic E-state index is 13.0. The molecule has 1 aromatic rings. The van der Waals surface area contributed by atoms with Crippen LogP contribution in [0.3, 0.4) is 0 Å². The molecule has 3 amide bonds. The van der Waals surface area contributed by atoms with E-state index in [1.807, 2.05) is 37.3 Å². The average molecular weight is 508 g/mol. The molecule has 6 unspecified atom stereocenters. The third-order valence-corrected chi connectivity index (χ3v) is 6.05. The highest BCUT2D eigenvalue weighted by molar-refractivity contribution is 5.94. The number of carboxylic acid groups (broad SMARTS) is 1. The van der Waals surface area contributed by atoms with E-state index in [0.717, 1.165) is 5.56 Å². The topological polar surface area (TPSA) is 197 Å². The van der Waals surface area contributed by atoms with Gasteiger partial charge in [0.25, 0.3) is 0 Å². The van der Waals surface area contributed by atoms with Crippen molar-refractivity contribution in [1.82, 2.24) is 16.0 Å². The molecule has 202 valence electrons. The fourth-order valence-electron chi connectivity index (χ4n) is 3.58. The minimum absolute atomic E-state index is 0.200. The van der Waals surface area contributed by atoms with Crippen molar-refractivity contribution in [3.63, 3.8) is 0 Å². The highest BCUT2D eigenvalue weighted by Crippen LogP contribution is 2.11. The fraction of sp³-hybridized carbons (Fsp3) is 0.600. The van der Waals surface area contributed by atoms with Gasteiger partial charge in [0.15, 0.2) is 0 Å². The Kier molecular flexibility index (Phi) is 13.7. The number of carbonyl (C=O) groups is 4. The number of unbranched alkanes of at least 4 members (excludes halogenated alkanes) is 1. The second kappa shape index (κ2) is 15.9. The van der Waals surface area contributed by atoms with E-state index in [-0.39, 0.29) is 18.8 Å². The first-order valence-electron chi connectivity index (χ1n) is 12.3. The van der Waals surface area contributed by atoms with Gasteiger partial charge in [0.2, 0.25) is 17.7 Å². The lowest BCUT2D eigenvalue weighted by Crippen LogP contribution is -2.61. The Morgan fingerprint density at radius 3 is 2.03 bits per heavy atom. The van der Waals surface area contributed by atoms with Gasteiger partial charge in [-0.3, -0.25) is 14.4 Å². The van der Waals surface area contributed by atoms with Crippen molar-refractivity contribution in [1.29, 1.82) is 0 Å². The van der Waals surface area contributed by atoms with E-state index in [9.17, 15) is 29.4 Å². The summed E-state index contributed by atoms with van der Waals surface area (Å²) in [5, 5.41) is 27.2. The number of aliphatic hydroxyl groups excluding tert-OH is 1. The number of carboxylic acids is 1. The van der Waals surface area contributed by atoms with Gasteiger partial charge in [-0.05, 0) is 50.6 Å². The summed E-state index contributed by atoms with van der Waals surface area (Å²) in [7, 11) is 0. The molecule has 6 atom stereocenters. The van der Waals surface area contributed by atoms with Crippen LogP contribution in [-0.4, -0.2) is 70.7 Å². The van der Waals surface area contributed by atoms with E-state index in [2.05, 4.69) is 16.0 Å². The number of aliphatic hydroxyl groups is 1. The van der Waals surface area contributed by atoms with Crippen LogP contribution < -0.4 is 27.4 Å². The number of rotatable bonds is 16. The highest BCUT2D eigenvalue weighted by Gasteiger charge is 2.34. The van der Waals surface area contributed by atoms with Gasteiger partial charge in [-0.25, -0.2) is 4.79 Å². The van der Waals surface area contributed by atoms with Crippen LogP contribution in [-0.2, 0) is 25.6 Å². The van der Waals surface area contributed by atoms with E-state index in [0.29, 0.717) is 25.8 Å². The van der Waals surface area contributed by atoms with Gasteiger partial charge < -0.3 is 37.6 Å². The maximum Gasteiger partial charge on any atom is 0.326 e. The van der Waals surface area contributed by atoms with E-state index in [1.54, 1.807) is 6.92 Å². The summed E-state index contributed by atoms with van der Waals surface area (Å²) >= 11 is 0. The quantitative estimate of drug-likeness (QED) is 0.147. The maximum atomic E-state index is 13.0. The van der Waals surface area contributed by atoms with Crippen LogP contribution in [0, 0.1) is 5.92 Å². The van der Waals surface area contributed by atoms with Crippen molar-refractivity contribution in [3.05, 3.63) is 35.9 Å². The van der Waals surface area contributed by atoms with Gasteiger partial charge in [0.1, 0.15) is 18.1 Å². The monoisotopic (exact) mass is 507 g/mol. The predicted molar refractivity (Wildman–Crippen MR) is 136 cm³/mol. The van der Waals surface area contributed by atoms with Crippen molar-refractivity contribution >= 4 is 23.7 Å². The molecule has 0 spiro atoms. The molecule has 0 aliphatic heterocycles. The number of nitrogens with one attached hydrogen (secondary N) is 3. The highest BCUT2D eigenvalue weighted by atomic mass is 16.4. The molecule has 1 aromatic carbocycles. The molecule has 11 nitrogen and oxygen atoms in total. The van der Waals surface area contributed by atoms with Gasteiger partial charge in [-0.1, -0.05) is 50.6 Å². The second-order valence-corrected chi connectivity index (χ2v) is 9.08. The van der Waals surface area contributed by atoms with Crippen LogP contribution >= 0.6 is 0 Å². The number of nitrogens with two attached hydrogens (primary N) is 2.